The zero-order valence-corrected chi connectivity index (χ0v) is 18.0. The molecule has 1 fully saturated rings. The Balaban J connectivity index is 1.50. The molecule has 0 aliphatic carbocycles. The van der Waals surface area contributed by atoms with Gasteiger partial charge in [-0.2, -0.15) is 0 Å². The van der Waals surface area contributed by atoms with Crippen molar-refractivity contribution in [3.05, 3.63) is 94.1 Å². The molecule has 30 heavy (non-hydrogen) atoms. The third-order valence-corrected chi connectivity index (χ3v) is 6.37. The van der Waals surface area contributed by atoms with Crippen molar-refractivity contribution in [1.29, 1.82) is 0 Å². The molecule has 2 aromatic carbocycles. The van der Waals surface area contributed by atoms with Crippen LogP contribution < -0.4 is 0 Å². The highest BCUT2D eigenvalue weighted by Gasteiger charge is 2.34. The zero-order valence-electron chi connectivity index (χ0n) is 17.2. The van der Waals surface area contributed by atoms with Crippen LogP contribution in [-0.2, 0) is 11.2 Å². The van der Waals surface area contributed by atoms with Crippen LogP contribution in [0.4, 0.5) is 4.79 Å². The van der Waals surface area contributed by atoms with Crippen molar-refractivity contribution in [2.24, 2.45) is 0 Å². The van der Waals surface area contributed by atoms with E-state index in [2.05, 4.69) is 42.7 Å². The fourth-order valence-corrected chi connectivity index (χ4v) is 4.49. The van der Waals surface area contributed by atoms with E-state index in [1.165, 1.54) is 21.6 Å². The number of hydrogen-bond acceptors (Lipinski definition) is 3. The van der Waals surface area contributed by atoms with E-state index >= 15 is 0 Å². The average molecular weight is 417 g/mol. The Bertz CT molecular complexity index is 1120. The van der Waals surface area contributed by atoms with Gasteiger partial charge in [-0.1, -0.05) is 42.5 Å². The number of carbonyl (C=O) groups is 2. The maximum Gasteiger partial charge on any atom is 0.293 e. The number of rotatable bonds is 6. The van der Waals surface area contributed by atoms with E-state index in [0.717, 1.165) is 36.0 Å². The Morgan fingerprint density at radius 2 is 1.73 bits per heavy atom. The van der Waals surface area contributed by atoms with Crippen LogP contribution in [0.1, 0.15) is 28.8 Å². The molecular weight excluding hydrogens is 392 g/mol. The molecule has 0 atom stereocenters. The number of nitrogens with zero attached hydrogens (tertiary/aromatic N) is 2. The highest BCUT2D eigenvalue weighted by Crippen LogP contribution is 2.33. The van der Waals surface area contributed by atoms with Crippen molar-refractivity contribution in [2.75, 3.05) is 6.54 Å². The van der Waals surface area contributed by atoms with Gasteiger partial charge in [-0.15, -0.1) is 0 Å². The predicted octanol–water partition coefficient (Wildman–Crippen LogP) is 5.76. The summed E-state index contributed by atoms with van der Waals surface area (Å²) in [7, 11) is 0. The monoisotopic (exact) mass is 416 g/mol. The summed E-state index contributed by atoms with van der Waals surface area (Å²) < 4.78 is 2.06. The highest BCUT2D eigenvalue weighted by molar-refractivity contribution is 8.18. The van der Waals surface area contributed by atoms with E-state index in [-0.39, 0.29) is 11.1 Å². The van der Waals surface area contributed by atoms with E-state index in [9.17, 15) is 9.59 Å². The summed E-state index contributed by atoms with van der Waals surface area (Å²) in [5, 5.41) is -0.191. The van der Waals surface area contributed by atoms with Crippen LogP contribution in [0.25, 0.3) is 11.8 Å². The largest absolute Gasteiger partial charge is 0.317 e. The van der Waals surface area contributed by atoms with E-state index in [1.54, 1.807) is 0 Å². The van der Waals surface area contributed by atoms with Gasteiger partial charge >= 0.3 is 0 Å². The number of thioether (sulfide) groups is 1. The lowest BCUT2D eigenvalue weighted by Gasteiger charge is -2.13. The van der Waals surface area contributed by atoms with E-state index in [1.807, 2.05) is 48.7 Å². The maximum absolute atomic E-state index is 12.9. The smallest absolute Gasteiger partial charge is 0.293 e. The molecule has 2 amide bonds. The lowest BCUT2D eigenvalue weighted by Crippen LogP contribution is -2.29. The second-order valence-corrected chi connectivity index (χ2v) is 8.44. The first-order valence-corrected chi connectivity index (χ1v) is 10.9. The number of imide groups is 1. The van der Waals surface area contributed by atoms with Gasteiger partial charge in [-0.3, -0.25) is 14.5 Å². The van der Waals surface area contributed by atoms with Crippen molar-refractivity contribution in [3.63, 3.8) is 0 Å². The lowest BCUT2D eigenvalue weighted by molar-refractivity contribution is -0.122. The van der Waals surface area contributed by atoms with Gasteiger partial charge in [0.15, 0.2) is 0 Å². The van der Waals surface area contributed by atoms with E-state index < -0.39 is 0 Å². The van der Waals surface area contributed by atoms with E-state index in [4.69, 9.17) is 0 Å². The topological polar surface area (TPSA) is 42.3 Å². The molecule has 2 heterocycles. The third kappa shape index (κ3) is 4.12. The molecule has 152 valence electrons. The highest BCUT2D eigenvalue weighted by atomic mass is 32.2. The van der Waals surface area contributed by atoms with Gasteiger partial charge in [0.05, 0.1) is 4.91 Å². The molecule has 0 bridgehead atoms. The molecule has 0 unspecified atom stereocenters. The summed E-state index contributed by atoms with van der Waals surface area (Å²) in [6.45, 7) is 4.62. The molecule has 1 saturated heterocycles. The van der Waals surface area contributed by atoms with Gasteiger partial charge in [0.25, 0.3) is 11.1 Å². The van der Waals surface area contributed by atoms with E-state index in [0.29, 0.717) is 11.4 Å². The average Bonchev–Trinajstić information content (AvgIpc) is 3.30. The van der Waals surface area contributed by atoms with Crippen LogP contribution in [0.2, 0.25) is 0 Å². The van der Waals surface area contributed by atoms with Crippen LogP contribution in [0.3, 0.4) is 0 Å². The minimum Gasteiger partial charge on any atom is -0.317 e. The number of carbonyl (C=O) groups excluding carboxylic acids is 2. The molecule has 1 aliphatic rings. The summed E-state index contributed by atoms with van der Waals surface area (Å²) in [5.74, 6) is -0.202. The van der Waals surface area contributed by atoms with Crippen LogP contribution in [0.15, 0.2) is 71.8 Å². The van der Waals surface area contributed by atoms with Crippen molar-refractivity contribution >= 4 is 29.0 Å². The van der Waals surface area contributed by atoms with Crippen LogP contribution in [0, 0.1) is 13.8 Å². The summed E-state index contributed by atoms with van der Waals surface area (Å²) in [4.78, 5) is 27.1. The Morgan fingerprint density at radius 1 is 0.933 bits per heavy atom. The molecule has 0 N–H and O–H groups in total. The minimum atomic E-state index is -0.202. The SMILES string of the molecule is Cc1cccc(-n2cccc2/C=C2/SC(=O)N(CCCc3ccccc3)C2=O)c1C. The van der Waals surface area contributed by atoms with Gasteiger partial charge in [0.2, 0.25) is 0 Å². The lowest BCUT2D eigenvalue weighted by atomic mass is 10.1. The molecular formula is C25H24N2O2S. The second kappa shape index (κ2) is 8.76. The third-order valence-electron chi connectivity index (χ3n) is 5.46. The number of aryl methyl sites for hydroxylation is 2. The van der Waals surface area contributed by atoms with Gasteiger partial charge < -0.3 is 4.57 Å². The van der Waals surface area contributed by atoms with Crippen molar-refractivity contribution in [3.8, 4) is 5.69 Å². The molecule has 0 radical (unpaired) electrons. The molecule has 4 rings (SSSR count). The van der Waals surface area contributed by atoms with Crippen LogP contribution >= 0.6 is 11.8 Å². The second-order valence-electron chi connectivity index (χ2n) is 7.44. The Labute approximate surface area is 181 Å². The number of hydrogen-bond donors (Lipinski definition) is 0. The first-order chi connectivity index (χ1) is 14.5. The predicted molar refractivity (Wildman–Crippen MR) is 123 cm³/mol. The maximum atomic E-state index is 12.9. The Morgan fingerprint density at radius 3 is 2.53 bits per heavy atom. The Hall–Kier alpha value is -3.05. The molecule has 0 spiro atoms. The van der Waals surface area contributed by atoms with Crippen molar-refractivity contribution < 1.29 is 9.59 Å². The first-order valence-electron chi connectivity index (χ1n) is 10.1. The quantitative estimate of drug-likeness (QED) is 0.480. The van der Waals surface area contributed by atoms with Gasteiger partial charge in [-0.25, -0.2) is 0 Å². The molecule has 1 aromatic heterocycles. The minimum absolute atomic E-state index is 0.191. The molecule has 0 saturated carbocycles. The van der Waals surface area contributed by atoms with Crippen LogP contribution in [0.5, 0.6) is 0 Å². The van der Waals surface area contributed by atoms with Gasteiger partial charge in [-0.05, 0) is 79.4 Å². The fraction of sp³-hybridized carbons (Fsp3) is 0.200. The number of benzene rings is 2. The molecule has 5 heteroatoms. The number of amides is 2. The summed E-state index contributed by atoms with van der Waals surface area (Å²) in [5.41, 5.74) is 5.58. The molecule has 4 nitrogen and oxygen atoms in total. The summed E-state index contributed by atoms with van der Waals surface area (Å²) in [6, 6.07) is 20.2. The van der Waals surface area contributed by atoms with Gasteiger partial charge in [0, 0.05) is 24.1 Å². The number of aromatic nitrogens is 1. The van der Waals surface area contributed by atoms with Crippen molar-refractivity contribution in [2.45, 2.75) is 26.7 Å². The summed E-state index contributed by atoms with van der Waals surface area (Å²) >= 11 is 1.02. The zero-order chi connectivity index (χ0) is 21.1. The molecule has 3 aromatic rings. The fourth-order valence-electron chi connectivity index (χ4n) is 3.64. The van der Waals surface area contributed by atoms with Crippen molar-refractivity contribution in [1.82, 2.24) is 9.47 Å². The normalized spacial score (nSPS) is 15.4. The van der Waals surface area contributed by atoms with Gasteiger partial charge in [0.1, 0.15) is 0 Å². The Kier molecular flexibility index (Phi) is 5.91. The first kappa shape index (κ1) is 20.2. The van der Waals surface area contributed by atoms with Crippen LogP contribution in [-0.4, -0.2) is 27.2 Å². The molecule has 1 aliphatic heterocycles. The summed E-state index contributed by atoms with van der Waals surface area (Å²) in [6.07, 6.45) is 5.41. The standard InChI is InChI=1S/C25H24N2O2S/c1-18-9-6-14-22(19(18)2)26-15-8-13-21(26)17-23-24(28)27(25(29)30-23)16-7-12-20-10-4-3-5-11-20/h3-6,8-11,13-15,17H,7,12,16H2,1-2H3/b23-17+.